The third-order valence-electron chi connectivity index (χ3n) is 6.10. The van der Waals surface area contributed by atoms with Crippen LogP contribution in [0.3, 0.4) is 0 Å². The van der Waals surface area contributed by atoms with Gasteiger partial charge >= 0.3 is 5.97 Å². The number of anilines is 1. The summed E-state index contributed by atoms with van der Waals surface area (Å²) in [7, 11) is 0. The SMILES string of the molecule is CCOC(=O)c1cc(C)sc1NC(=O)C12CC3CC(CC(C3)C1)C2. The van der Waals surface area contributed by atoms with Crippen molar-refractivity contribution < 1.29 is 14.3 Å². The van der Waals surface area contributed by atoms with E-state index >= 15 is 0 Å². The minimum absolute atomic E-state index is 0.133. The van der Waals surface area contributed by atoms with Crippen LogP contribution < -0.4 is 5.32 Å². The lowest BCUT2D eigenvalue weighted by atomic mass is 9.49. The van der Waals surface area contributed by atoms with Gasteiger partial charge in [-0.05, 0) is 76.2 Å². The number of amides is 1. The molecule has 4 aliphatic rings. The number of ether oxygens (including phenoxy) is 1. The van der Waals surface area contributed by atoms with Gasteiger partial charge in [-0.2, -0.15) is 0 Å². The first-order valence-corrected chi connectivity index (χ1v) is 9.90. The van der Waals surface area contributed by atoms with Crippen molar-refractivity contribution in [2.24, 2.45) is 23.2 Å². The molecule has 24 heavy (non-hydrogen) atoms. The van der Waals surface area contributed by atoms with Crippen LogP contribution >= 0.6 is 11.3 Å². The molecule has 1 heterocycles. The van der Waals surface area contributed by atoms with Crippen molar-refractivity contribution in [3.8, 4) is 0 Å². The monoisotopic (exact) mass is 347 g/mol. The van der Waals surface area contributed by atoms with E-state index in [1.54, 1.807) is 6.92 Å². The van der Waals surface area contributed by atoms with Crippen molar-refractivity contribution in [2.75, 3.05) is 11.9 Å². The van der Waals surface area contributed by atoms with Gasteiger partial charge in [0.2, 0.25) is 5.91 Å². The van der Waals surface area contributed by atoms with Gasteiger partial charge in [-0.15, -0.1) is 11.3 Å². The molecule has 1 aromatic heterocycles. The van der Waals surface area contributed by atoms with Crippen molar-refractivity contribution in [2.45, 2.75) is 52.4 Å². The fraction of sp³-hybridized carbons (Fsp3) is 0.684. The summed E-state index contributed by atoms with van der Waals surface area (Å²) in [6, 6.07) is 1.82. The molecule has 4 aliphatic carbocycles. The number of esters is 1. The molecule has 0 saturated heterocycles. The summed E-state index contributed by atoms with van der Waals surface area (Å²) in [6.45, 7) is 4.09. The lowest BCUT2D eigenvalue weighted by Gasteiger charge is -2.55. The number of carbonyl (C=O) groups excluding carboxylic acids is 2. The van der Waals surface area contributed by atoms with E-state index < -0.39 is 0 Å². The van der Waals surface area contributed by atoms with E-state index in [1.807, 2.05) is 13.0 Å². The first-order valence-electron chi connectivity index (χ1n) is 9.08. The smallest absolute Gasteiger partial charge is 0.341 e. The molecule has 5 heteroatoms. The van der Waals surface area contributed by atoms with Gasteiger partial charge in [0, 0.05) is 4.88 Å². The first-order chi connectivity index (χ1) is 11.5. The van der Waals surface area contributed by atoms with Crippen molar-refractivity contribution >= 4 is 28.2 Å². The highest BCUT2D eigenvalue weighted by molar-refractivity contribution is 7.16. The fourth-order valence-corrected chi connectivity index (χ4v) is 6.49. The Morgan fingerprint density at radius 2 is 1.79 bits per heavy atom. The van der Waals surface area contributed by atoms with Crippen molar-refractivity contribution in [3.63, 3.8) is 0 Å². The summed E-state index contributed by atoms with van der Waals surface area (Å²) in [5.41, 5.74) is 0.302. The molecule has 0 unspecified atom stereocenters. The van der Waals surface area contributed by atoms with Crippen LogP contribution in [0, 0.1) is 30.1 Å². The molecular weight excluding hydrogens is 322 g/mol. The van der Waals surface area contributed by atoms with Gasteiger partial charge < -0.3 is 10.1 Å². The fourth-order valence-electron chi connectivity index (χ4n) is 5.59. The maximum absolute atomic E-state index is 13.2. The minimum Gasteiger partial charge on any atom is -0.462 e. The second-order valence-electron chi connectivity index (χ2n) is 7.97. The number of hydrogen-bond donors (Lipinski definition) is 1. The van der Waals surface area contributed by atoms with Crippen LogP contribution in [0.15, 0.2) is 6.07 Å². The highest BCUT2D eigenvalue weighted by atomic mass is 32.1. The molecule has 0 aliphatic heterocycles. The zero-order valence-electron chi connectivity index (χ0n) is 14.4. The Bertz CT molecular complexity index is 643. The first kappa shape index (κ1) is 16.1. The molecule has 1 aromatic rings. The molecule has 0 radical (unpaired) electrons. The maximum Gasteiger partial charge on any atom is 0.341 e. The van der Waals surface area contributed by atoms with E-state index in [2.05, 4.69) is 5.32 Å². The van der Waals surface area contributed by atoms with Crippen LogP contribution in [0.5, 0.6) is 0 Å². The quantitative estimate of drug-likeness (QED) is 0.822. The molecule has 5 rings (SSSR count). The van der Waals surface area contributed by atoms with Gasteiger partial charge in [0.25, 0.3) is 0 Å². The van der Waals surface area contributed by atoms with E-state index in [1.165, 1.54) is 30.6 Å². The molecule has 4 nitrogen and oxygen atoms in total. The number of nitrogens with one attached hydrogen (secondary N) is 1. The molecule has 1 N–H and O–H groups in total. The highest BCUT2D eigenvalue weighted by Crippen LogP contribution is 2.60. The van der Waals surface area contributed by atoms with E-state index in [4.69, 9.17) is 4.74 Å². The van der Waals surface area contributed by atoms with Gasteiger partial charge in [0.15, 0.2) is 0 Å². The summed E-state index contributed by atoms with van der Waals surface area (Å²) < 4.78 is 5.13. The number of thiophene rings is 1. The average Bonchev–Trinajstić information content (AvgIpc) is 2.87. The topological polar surface area (TPSA) is 55.4 Å². The van der Waals surface area contributed by atoms with Crippen molar-refractivity contribution in [1.29, 1.82) is 0 Å². The van der Waals surface area contributed by atoms with Gasteiger partial charge in [-0.1, -0.05) is 0 Å². The summed E-state index contributed by atoms with van der Waals surface area (Å²) in [5.74, 6) is 1.99. The second kappa shape index (κ2) is 5.87. The van der Waals surface area contributed by atoms with Crippen molar-refractivity contribution in [1.82, 2.24) is 0 Å². The normalized spacial score (nSPS) is 33.5. The summed E-state index contributed by atoms with van der Waals surface area (Å²) >= 11 is 1.47. The molecule has 130 valence electrons. The third kappa shape index (κ3) is 2.67. The Hall–Kier alpha value is -1.36. The Morgan fingerprint density at radius 3 is 2.33 bits per heavy atom. The molecule has 0 atom stereocenters. The molecule has 0 aromatic carbocycles. The van der Waals surface area contributed by atoms with E-state index in [9.17, 15) is 9.59 Å². The second-order valence-corrected chi connectivity index (χ2v) is 9.23. The van der Waals surface area contributed by atoms with E-state index in [-0.39, 0.29) is 17.3 Å². The van der Waals surface area contributed by atoms with Crippen LogP contribution in [-0.2, 0) is 9.53 Å². The predicted octanol–water partition coefficient (Wildman–Crippen LogP) is 4.39. The van der Waals surface area contributed by atoms with Crippen LogP contribution in [0.25, 0.3) is 0 Å². The zero-order valence-corrected chi connectivity index (χ0v) is 15.2. The summed E-state index contributed by atoms with van der Waals surface area (Å²) in [6.07, 6.45) is 7.05. The predicted molar refractivity (Wildman–Crippen MR) is 94.2 cm³/mol. The minimum atomic E-state index is -0.345. The van der Waals surface area contributed by atoms with E-state index in [0.29, 0.717) is 17.2 Å². The van der Waals surface area contributed by atoms with Crippen LogP contribution in [-0.4, -0.2) is 18.5 Å². The largest absolute Gasteiger partial charge is 0.462 e. The van der Waals surface area contributed by atoms with Gasteiger partial charge in [0.05, 0.1) is 17.6 Å². The molecule has 1 amide bonds. The Morgan fingerprint density at radius 1 is 1.21 bits per heavy atom. The summed E-state index contributed by atoms with van der Waals surface area (Å²) in [5, 5.41) is 3.77. The Kier molecular flexibility index (Phi) is 3.94. The number of hydrogen-bond acceptors (Lipinski definition) is 4. The zero-order chi connectivity index (χ0) is 16.9. The van der Waals surface area contributed by atoms with Gasteiger partial charge in [-0.3, -0.25) is 4.79 Å². The van der Waals surface area contributed by atoms with Crippen LogP contribution in [0.4, 0.5) is 5.00 Å². The molecule has 4 fully saturated rings. The highest BCUT2D eigenvalue weighted by Gasteiger charge is 2.54. The lowest BCUT2D eigenvalue weighted by molar-refractivity contribution is -0.140. The average molecular weight is 347 g/mol. The summed E-state index contributed by atoms with van der Waals surface area (Å²) in [4.78, 5) is 26.3. The molecule has 4 saturated carbocycles. The maximum atomic E-state index is 13.2. The number of rotatable bonds is 4. The third-order valence-corrected chi connectivity index (χ3v) is 7.06. The molecule has 0 spiro atoms. The van der Waals surface area contributed by atoms with Gasteiger partial charge in [-0.25, -0.2) is 4.79 Å². The van der Waals surface area contributed by atoms with E-state index in [0.717, 1.165) is 41.9 Å². The van der Waals surface area contributed by atoms with Crippen LogP contribution in [0.1, 0.15) is 60.7 Å². The number of carbonyl (C=O) groups is 2. The van der Waals surface area contributed by atoms with Crippen LogP contribution in [0.2, 0.25) is 0 Å². The van der Waals surface area contributed by atoms with Gasteiger partial charge in [0.1, 0.15) is 5.00 Å². The Labute approximate surface area is 147 Å². The standard InChI is InChI=1S/C19H25NO3S/c1-3-23-17(21)15-4-11(2)24-16(15)20-18(22)19-8-12-5-13(9-19)7-14(6-12)10-19/h4,12-14H,3,5-10H2,1-2H3,(H,20,22). The Balaban J connectivity index is 1.56. The number of aryl methyl sites for hydroxylation is 1. The van der Waals surface area contributed by atoms with Crippen molar-refractivity contribution in [3.05, 3.63) is 16.5 Å². The molecular formula is C19H25NO3S. The molecule has 4 bridgehead atoms. The lowest BCUT2D eigenvalue weighted by Crippen LogP contribution is -2.51.